The number of morpholine rings is 1. The molecule has 8 heteroatoms. The molecule has 0 unspecified atom stereocenters. The molecular weight excluding hydrogens is 412 g/mol. The molecule has 0 amide bonds. The van der Waals surface area contributed by atoms with Gasteiger partial charge in [-0.25, -0.2) is 0 Å². The van der Waals surface area contributed by atoms with Gasteiger partial charge in [-0.1, -0.05) is 13.8 Å². The van der Waals surface area contributed by atoms with E-state index in [4.69, 9.17) is 21.7 Å². The highest BCUT2D eigenvalue weighted by atomic mass is 32.1. The minimum Gasteiger partial charge on any atom is -0.497 e. The van der Waals surface area contributed by atoms with E-state index >= 15 is 0 Å². The van der Waals surface area contributed by atoms with Gasteiger partial charge in [0.1, 0.15) is 5.75 Å². The number of nitrogens with one attached hydrogen (secondary N) is 2. The number of methoxy groups -OCH3 is 1. The standard InChI is InChI=1S/C23H34N4O3S/c1-17(2)15-24-23(31)27(8-4-7-26-9-11-30-12-10-26)16-19-13-18-14-20(29-3)5-6-21(18)25-22(19)28/h5-6,13-14,17H,4,7-12,15-16H2,1-3H3,(H,24,31)(H,25,28). The number of benzene rings is 1. The number of nitrogens with zero attached hydrogens (tertiary/aromatic N) is 2. The lowest BCUT2D eigenvalue weighted by Gasteiger charge is -2.30. The third-order valence-corrected chi connectivity index (χ3v) is 5.85. The molecule has 1 saturated heterocycles. The Hall–Kier alpha value is -2.16. The number of hydrogen-bond donors (Lipinski definition) is 2. The molecule has 170 valence electrons. The Kier molecular flexibility index (Phi) is 8.69. The largest absolute Gasteiger partial charge is 0.497 e. The molecule has 0 aliphatic carbocycles. The van der Waals surface area contributed by atoms with Crippen molar-refractivity contribution < 1.29 is 9.47 Å². The van der Waals surface area contributed by atoms with Gasteiger partial charge in [0.05, 0.1) is 26.9 Å². The topological polar surface area (TPSA) is 69.8 Å². The summed E-state index contributed by atoms with van der Waals surface area (Å²) in [6.45, 7) is 10.9. The number of aromatic nitrogens is 1. The van der Waals surface area contributed by atoms with Crippen molar-refractivity contribution in [2.75, 3.05) is 53.0 Å². The maximum Gasteiger partial charge on any atom is 0.253 e. The minimum absolute atomic E-state index is 0.0810. The Bertz CT molecular complexity index is 925. The van der Waals surface area contributed by atoms with Crippen LogP contribution in [0.25, 0.3) is 10.9 Å². The van der Waals surface area contributed by atoms with E-state index in [2.05, 4.69) is 33.9 Å². The molecule has 1 aliphatic heterocycles. The summed E-state index contributed by atoms with van der Waals surface area (Å²) in [5.41, 5.74) is 1.41. The van der Waals surface area contributed by atoms with E-state index in [0.717, 1.165) is 69.0 Å². The molecule has 31 heavy (non-hydrogen) atoms. The van der Waals surface area contributed by atoms with E-state index in [1.54, 1.807) is 7.11 Å². The van der Waals surface area contributed by atoms with Crippen LogP contribution in [0.2, 0.25) is 0 Å². The first-order valence-electron chi connectivity index (χ1n) is 11.0. The van der Waals surface area contributed by atoms with Crippen LogP contribution in [0.1, 0.15) is 25.8 Å². The average molecular weight is 447 g/mol. The fourth-order valence-electron chi connectivity index (χ4n) is 3.65. The Morgan fingerprint density at radius 3 is 2.81 bits per heavy atom. The summed E-state index contributed by atoms with van der Waals surface area (Å²) in [5.74, 6) is 1.26. The van der Waals surface area contributed by atoms with E-state index in [-0.39, 0.29) is 5.56 Å². The van der Waals surface area contributed by atoms with Crippen molar-refractivity contribution in [3.63, 3.8) is 0 Å². The summed E-state index contributed by atoms with van der Waals surface area (Å²) in [4.78, 5) is 20.2. The van der Waals surface area contributed by atoms with Crippen molar-refractivity contribution in [3.05, 3.63) is 40.2 Å². The first-order chi connectivity index (χ1) is 15.0. The van der Waals surface area contributed by atoms with Crippen LogP contribution in [0.15, 0.2) is 29.1 Å². The predicted octanol–water partition coefficient (Wildman–Crippen LogP) is 2.59. The first kappa shape index (κ1) is 23.5. The van der Waals surface area contributed by atoms with Gasteiger partial charge in [0.15, 0.2) is 5.11 Å². The number of fused-ring (bicyclic) bond motifs is 1. The van der Waals surface area contributed by atoms with Crippen LogP contribution in [0.4, 0.5) is 0 Å². The van der Waals surface area contributed by atoms with Gasteiger partial charge in [-0.15, -0.1) is 0 Å². The lowest BCUT2D eigenvalue weighted by Crippen LogP contribution is -2.43. The molecule has 2 aromatic rings. The van der Waals surface area contributed by atoms with Crippen molar-refractivity contribution in [1.29, 1.82) is 0 Å². The van der Waals surface area contributed by atoms with Crippen molar-refractivity contribution in [2.45, 2.75) is 26.8 Å². The highest BCUT2D eigenvalue weighted by molar-refractivity contribution is 7.80. The molecule has 3 rings (SSSR count). The lowest BCUT2D eigenvalue weighted by atomic mass is 10.1. The molecule has 0 saturated carbocycles. The van der Waals surface area contributed by atoms with Gasteiger partial charge in [-0.2, -0.15) is 0 Å². The molecular formula is C23H34N4O3S. The first-order valence-corrected chi connectivity index (χ1v) is 11.4. The maximum absolute atomic E-state index is 12.7. The molecule has 1 fully saturated rings. The quantitative estimate of drug-likeness (QED) is 0.574. The van der Waals surface area contributed by atoms with Gasteiger partial charge in [-0.3, -0.25) is 9.69 Å². The Morgan fingerprint density at radius 1 is 1.32 bits per heavy atom. The fourth-order valence-corrected chi connectivity index (χ4v) is 3.88. The van der Waals surface area contributed by atoms with Crippen molar-refractivity contribution in [2.24, 2.45) is 5.92 Å². The molecule has 7 nitrogen and oxygen atoms in total. The third kappa shape index (κ3) is 6.92. The number of rotatable bonds is 9. The molecule has 2 heterocycles. The summed E-state index contributed by atoms with van der Waals surface area (Å²) < 4.78 is 10.8. The zero-order chi connectivity index (χ0) is 22.2. The van der Waals surface area contributed by atoms with Crippen LogP contribution in [-0.4, -0.2) is 72.9 Å². The van der Waals surface area contributed by atoms with Gasteiger partial charge >= 0.3 is 0 Å². The van der Waals surface area contributed by atoms with E-state index in [1.807, 2.05) is 24.3 Å². The van der Waals surface area contributed by atoms with E-state index in [1.165, 1.54) is 0 Å². The molecule has 0 atom stereocenters. The Morgan fingerprint density at radius 2 is 2.10 bits per heavy atom. The highest BCUT2D eigenvalue weighted by Gasteiger charge is 2.15. The highest BCUT2D eigenvalue weighted by Crippen LogP contribution is 2.19. The van der Waals surface area contributed by atoms with Crippen molar-refractivity contribution in [1.82, 2.24) is 20.1 Å². The van der Waals surface area contributed by atoms with Crippen molar-refractivity contribution in [3.8, 4) is 5.75 Å². The van der Waals surface area contributed by atoms with Crippen LogP contribution < -0.4 is 15.6 Å². The second kappa shape index (κ2) is 11.5. The van der Waals surface area contributed by atoms with Gasteiger partial charge in [-0.05, 0) is 48.8 Å². The number of H-pyrrole nitrogens is 1. The second-order valence-corrected chi connectivity index (χ2v) is 8.77. The normalized spacial score (nSPS) is 14.7. The Labute approximate surface area is 189 Å². The molecule has 0 radical (unpaired) electrons. The summed E-state index contributed by atoms with van der Waals surface area (Å²) in [6.07, 6.45) is 0.975. The van der Waals surface area contributed by atoms with Gasteiger partial charge in [0.25, 0.3) is 5.56 Å². The summed E-state index contributed by atoms with van der Waals surface area (Å²) in [5, 5.41) is 5.00. The van der Waals surface area contributed by atoms with Gasteiger partial charge < -0.3 is 24.7 Å². The molecule has 1 aromatic heterocycles. The van der Waals surface area contributed by atoms with Gasteiger partial charge in [0.2, 0.25) is 0 Å². The summed E-state index contributed by atoms with van der Waals surface area (Å²) in [7, 11) is 1.64. The monoisotopic (exact) mass is 446 g/mol. The zero-order valence-electron chi connectivity index (χ0n) is 18.8. The van der Waals surface area contributed by atoms with Crippen LogP contribution in [-0.2, 0) is 11.3 Å². The number of hydrogen-bond acceptors (Lipinski definition) is 5. The lowest BCUT2D eigenvalue weighted by molar-refractivity contribution is 0.0367. The average Bonchev–Trinajstić information content (AvgIpc) is 2.77. The number of pyridine rings is 1. The predicted molar refractivity (Wildman–Crippen MR) is 129 cm³/mol. The second-order valence-electron chi connectivity index (χ2n) is 8.39. The summed E-state index contributed by atoms with van der Waals surface area (Å²) >= 11 is 5.69. The molecule has 1 aromatic carbocycles. The number of aromatic amines is 1. The van der Waals surface area contributed by atoms with E-state index in [0.29, 0.717) is 23.1 Å². The van der Waals surface area contributed by atoms with E-state index in [9.17, 15) is 4.79 Å². The number of thiocarbonyl (C=S) groups is 1. The third-order valence-electron chi connectivity index (χ3n) is 5.44. The van der Waals surface area contributed by atoms with Crippen LogP contribution >= 0.6 is 12.2 Å². The molecule has 2 N–H and O–H groups in total. The Balaban J connectivity index is 1.73. The minimum atomic E-state index is -0.0810. The van der Waals surface area contributed by atoms with Crippen LogP contribution in [0.3, 0.4) is 0 Å². The number of ether oxygens (including phenoxy) is 2. The smallest absolute Gasteiger partial charge is 0.253 e. The zero-order valence-corrected chi connectivity index (χ0v) is 19.6. The maximum atomic E-state index is 12.7. The van der Waals surface area contributed by atoms with Gasteiger partial charge in [0, 0.05) is 49.2 Å². The molecule has 0 bridgehead atoms. The van der Waals surface area contributed by atoms with E-state index < -0.39 is 0 Å². The van der Waals surface area contributed by atoms with Crippen molar-refractivity contribution >= 4 is 28.2 Å². The summed E-state index contributed by atoms with van der Waals surface area (Å²) in [6, 6.07) is 7.60. The molecule has 0 spiro atoms. The fraction of sp³-hybridized carbons (Fsp3) is 0.565. The SMILES string of the molecule is COc1ccc2[nH]c(=O)c(CN(CCCN3CCOCC3)C(=S)NCC(C)C)cc2c1. The van der Waals surface area contributed by atoms with Crippen LogP contribution in [0.5, 0.6) is 5.75 Å². The van der Waals surface area contributed by atoms with Crippen LogP contribution in [0, 0.1) is 5.92 Å². The molecule has 1 aliphatic rings.